The van der Waals surface area contributed by atoms with Crippen LogP contribution in [0.4, 0.5) is 11.4 Å². The Morgan fingerprint density at radius 1 is 1.03 bits per heavy atom. The van der Waals surface area contributed by atoms with E-state index in [1.807, 2.05) is 24.3 Å². The molecule has 30 heavy (non-hydrogen) atoms. The fraction of sp³-hybridized carbons (Fsp3) is 0.208. The van der Waals surface area contributed by atoms with Crippen LogP contribution in [-0.2, 0) is 6.42 Å². The average Bonchev–Trinajstić information content (AvgIpc) is 3.25. The average molecular weight is 397 g/mol. The Morgan fingerprint density at radius 2 is 1.90 bits per heavy atom. The maximum absolute atomic E-state index is 13.0. The number of nitrogens with zero attached hydrogens (tertiary/aromatic N) is 3. The van der Waals surface area contributed by atoms with E-state index in [-0.39, 0.29) is 5.91 Å². The molecule has 0 unspecified atom stereocenters. The summed E-state index contributed by atoms with van der Waals surface area (Å²) in [6, 6.07) is 15.9. The highest BCUT2D eigenvalue weighted by Crippen LogP contribution is 2.31. The summed E-state index contributed by atoms with van der Waals surface area (Å²) in [4.78, 5) is 24.1. The normalized spacial score (nSPS) is 15.5. The molecule has 1 saturated heterocycles. The number of allylic oxidation sites excluding steroid dienone is 1. The molecule has 1 aliphatic carbocycles. The van der Waals surface area contributed by atoms with Crippen molar-refractivity contribution in [1.29, 1.82) is 0 Å². The lowest BCUT2D eigenvalue weighted by Gasteiger charge is -2.30. The quantitative estimate of drug-likeness (QED) is 0.707. The van der Waals surface area contributed by atoms with Crippen LogP contribution >= 0.6 is 0 Å². The van der Waals surface area contributed by atoms with Gasteiger partial charge >= 0.3 is 0 Å². The molecule has 0 spiro atoms. The second kappa shape index (κ2) is 8.08. The molecule has 1 aliphatic heterocycles. The molecule has 2 aromatic heterocycles. The fourth-order valence-corrected chi connectivity index (χ4v) is 4.04. The predicted molar refractivity (Wildman–Crippen MR) is 120 cm³/mol. The third kappa shape index (κ3) is 3.69. The first-order chi connectivity index (χ1) is 14.8. The van der Waals surface area contributed by atoms with E-state index in [1.54, 1.807) is 18.5 Å². The number of carbonyl (C=O) groups is 1. The van der Waals surface area contributed by atoms with Crippen molar-refractivity contribution in [3.8, 4) is 0 Å². The van der Waals surface area contributed by atoms with E-state index in [2.05, 4.69) is 49.8 Å². The zero-order chi connectivity index (χ0) is 20.3. The van der Waals surface area contributed by atoms with Crippen LogP contribution in [0.15, 0.2) is 60.9 Å². The second-order valence-electron chi connectivity index (χ2n) is 7.54. The van der Waals surface area contributed by atoms with Crippen LogP contribution in [-0.4, -0.2) is 42.1 Å². The first-order valence-corrected chi connectivity index (χ1v) is 10.2. The van der Waals surface area contributed by atoms with E-state index in [1.165, 1.54) is 11.1 Å². The van der Waals surface area contributed by atoms with Gasteiger partial charge in [0.1, 0.15) is 5.69 Å². The van der Waals surface area contributed by atoms with Crippen molar-refractivity contribution in [3.05, 3.63) is 83.4 Å². The molecule has 1 fully saturated rings. The summed E-state index contributed by atoms with van der Waals surface area (Å²) in [5.74, 6) is -0.225. The van der Waals surface area contributed by atoms with Crippen LogP contribution in [0.25, 0.3) is 11.6 Å². The monoisotopic (exact) mass is 397 g/mol. The number of benzene rings is 1. The molecule has 6 heteroatoms. The molecular weight excluding hydrogens is 374 g/mol. The van der Waals surface area contributed by atoms with Crippen molar-refractivity contribution in [2.75, 3.05) is 36.4 Å². The van der Waals surface area contributed by atoms with Gasteiger partial charge in [-0.15, -0.1) is 0 Å². The van der Waals surface area contributed by atoms with Crippen molar-refractivity contribution < 1.29 is 4.79 Å². The van der Waals surface area contributed by atoms with E-state index in [4.69, 9.17) is 0 Å². The van der Waals surface area contributed by atoms with Crippen LogP contribution < -0.4 is 15.5 Å². The van der Waals surface area contributed by atoms with Crippen molar-refractivity contribution in [1.82, 2.24) is 15.3 Å². The molecule has 0 saturated carbocycles. The summed E-state index contributed by atoms with van der Waals surface area (Å²) >= 11 is 0. The molecule has 2 aliphatic rings. The lowest BCUT2D eigenvalue weighted by molar-refractivity contribution is 0.102. The summed E-state index contributed by atoms with van der Waals surface area (Å²) < 4.78 is 0. The zero-order valence-corrected chi connectivity index (χ0v) is 16.6. The Bertz CT molecular complexity index is 1120. The Hall–Kier alpha value is -3.51. The van der Waals surface area contributed by atoms with Gasteiger partial charge in [-0.05, 0) is 41.0 Å². The highest BCUT2D eigenvalue weighted by Gasteiger charge is 2.19. The van der Waals surface area contributed by atoms with Gasteiger partial charge in [0.2, 0.25) is 0 Å². The maximum Gasteiger partial charge on any atom is 0.274 e. The van der Waals surface area contributed by atoms with Gasteiger partial charge < -0.3 is 15.5 Å². The largest absolute Gasteiger partial charge is 0.367 e. The molecule has 6 nitrogen and oxygen atoms in total. The second-order valence-corrected chi connectivity index (χ2v) is 7.54. The van der Waals surface area contributed by atoms with Crippen molar-refractivity contribution in [3.63, 3.8) is 0 Å². The Morgan fingerprint density at radius 3 is 2.77 bits per heavy atom. The Labute approximate surface area is 175 Å². The minimum absolute atomic E-state index is 0.225. The van der Waals surface area contributed by atoms with Crippen LogP contribution in [0.3, 0.4) is 0 Å². The number of piperazine rings is 1. The van der Waals surface area contributed by atoms with E-state index >= 15 is 0 Å². The Kier molecular flexibility index (Phi) is 4.99. The first kappa shape index (κ1) is 18.5. The zero-order valence-electron chi connectivity index (χ0n) is 16.6. The minimum atomic E-state index is -0.225. The number of hydrogen-bond donors (Lipinski definition) is 2. The molecule has 150 valence electrons. The van der Waals surface area contributed by atoms with Gasteiger partial charge in [-0.3, -0.25) is 9.78 Å². The lowest BCUT2D eigenvalue weighted by atomic mass is 10.1. The molecule has 0 atom stereocenters. The fourth-order valence-electron chi connectivity index (χ4n) is 4.04. The van der Waals surface area contributed by atoms with Gasteiger partial charge in [0.25, 0.3) is 5.91 Å². The summed E-state index contributed by atoms with van der Waals surface area (Å²) in [6.45, 7) is 3.65. The van der Waals surface area contributed by atoms with Gasteiger partial charge in [-0.25, -0.2) is 4.98 Å². The Balaban J connectivity index is 1.37. The number of hydrogen-bond acceptors (Lipinski definition) is 5. The topological polar surface area (TPSA) is 70.2 Å². The van der Waals surface area contributed by atoms with Gasteiger partial charge in [0.15, 0.2) is 0 Å². The summed E-state index contributed by atoms with van der Waals surface area (Å²) in [6.07, 6.45) is 6.46. The highest BCUT2D eigenvalue weighted by molar-refractivity contribution is 6.05. The molecule has 0 radical (unpaired) electrons. The number of carbonyl (C=O) groups excluding carboxylic acids is 1. The van der Waals surface area contributed by atoms with E-state index in [0.29, 0.717) is 11.4 Å². The van der Waals surface area contributed by atoms with Gasteiger partial charge in [0.05, 0.1) is 23.3 Å². The summed E-state index contributed by atoms with van der Waals surface area (Å²) in [5, 5.41) is 6.36. The standard InChI is InChI=1S/C24H23N5O/c30-24(28-22-16-26-9-8-23(22)29-12-10-25-11-13-29)21-7-3-6-20(27-21)19-14-17-4-1-2-5-18(17)15-19/h1-9,14,16,25H,10-13,15H2,(H,28,30). The lowest BCUT2D eigenvalue weighted by Crippen LogP contribution is -2.43. The van der Waals surface area contributed by atoms with Crippen LogP contribution in [0.1, 0.15) is 27.3 Å². The van der Waals surface area contributed by atoms with Gasteiger partial charge in [-0.1, -0.05) is 30.3 Å². The predicted octanol–water partition coefficient (Wildman–Crippen LogP) is 3.24. The van der Waals surface area contributed by atoms with Crippen LogP contribution in [0.2, 0.25) is 0 Å². The smallest absolute Gasteiger partial charge is 0.274 e. The van der Waals surface area contributed by atoms with Gasteiger partial charge in [0, 0.05) is 38.8 Å². The van der Waals surface area contributed by atoms with E-state index < -0.39 is 0 Å². The maximum atomic E-state index is 13.0. The van der Waals surface area contributed by atoms with Crippen LogP contribution in [0, 0.1) is 0 Å². The van der Waals surface area contributed by atoms with E-state index in [0.717, 1.165) is 49.6 Å². The highest BCUT2D eigenvalue weighted by atomic mass is 16.1. The van der Waals surface area contributed by atoms with Crippen molar-refractivity contribution >= 4 is 28.9 Å². The van der Waals surface area contributed by atoms with Crippen molar-refractivity contribution in [2.45, 2.75) is 6.42 Å². The minimum Gasteiger partial charge on any atom is -0.367 e. The molecule has 3 aromatic rings. The van der Waals surface area contributed by atoms with Crippen molar-refractivity contribution in [2.24, 2.45) is 0 Å². The molecule has 3 heterocycles. The molecule has 0 bridgehead atoms. The van der Waals surface area contributed by atoms with Crippen LogP contribution in [0.5, 0.6) is 0 Å². The number of pyridine rings is 2. The van der Waals surface area contributed by atoms with Gasteiger partial charge in [-0.2, -0.15) is 0 Å². The number of nitrogens with one attached hydrogen (secondary N) is 2. The molecule has 5 rings (SSSR count). The third-order valence-electron chi connectivity index (χ3n) is 5.58. The number of fused-ring (bicyclic) bond motifs is 1. The number of amides is 1. The number of rotatable bonds is 4. The molecule has 1 amide bonds. The first-order valence-electron chi connectivity index (χ1n) is 10.2. The van der Waals surface area contributed by atoms with E-state index in [9.17, 15) is 4.79 Å². The summed E-state index contributed by atoms with van der Waals surface area (Å²) in [7, 11) is 0. The molecule has 1 aromatic carbocycles. The SMILES string of the molecule is O=C(Nc1cnccc1N1CCNCC1)c1cccc(C2=Cc3ccccc3C2)n1. The molecular formula is C24H23N5O. The molecule has 2 N–H and O–H groups in total. The summed E-state index contributed by atoms with van der Waals surface area (Å²) in [5.41, 5.74) is 6.59. The number of anilines is 2. The number of aromatic nitrogens is 2. The third-order valence-corrected chi connectivity index (χ3v) is 5.58.